The van der Waals surface area contributed by atoms with Crippen LogP contribution >= 0.6 is 11.6 Å². The molecule has 9 heteroatoms. The number of halogens is 1. The molecule has 188 valence electrons. The average Bonchev–Trinajstić information content (AvgIpc) is 2.87. The van der Waals surface area contributed by atoms with Crippen LogP contribution in [-0.4, -0.2) is 25.9 Å². The predicted octanol–water partition coefficient (Wildman–Crippen LogP) is 6.84. The summed E-state index contributed by atoms with van der Waals surface area (Å²) >= 11 is 6.55. The number of rotatable bonds is 7. The number of hydrogen-bond donors (Lipinski definition) is 2. The zero-order valence-electron chi connectivity index (χ0n) is 19.2. The Bertz CT molecular complexity index is 1710. The fraction of sp³-hybridized carbons (Fsp3) is 0. The maximum Gasteiger partial charge on any atom is 0.296 e. The molecule has 4 rings (SSSR count). The van der Waals surface area contributed by atoms with Gasteiger partial charge >= 0.3 is 0 Å². The van der Waals surface area contributed by atoms with Gasteiger partial charge in [0.2, 0.25) is 0 Å². The van der Waals surface area contributed by atoms with E-state index >= 15 is 0 Å². The Hall–Kier alpha value is -3.53. The Morgan fingerprint density at radius 1 is 0.595 bits per heavy atom. The third-order valence-electron chi connectivity index (χ3n) is 5.51. The second-order valence-corrected chi connectivity index (χ2v) is 11.2. The van der Waals surface area contributed by atoms with Crippen molar-refractivity contribution in [2.75, 3.05) is 0 Å². The van der Waals surface area contributed by atoms with Crippen molar-refractivity contribution < 1.29 is 25.9 Å². The van der Waals surface area contributed by atoms with Crippen molar-refractivity contribution in [1.82, 2.24) is 0 Å². The lowest BCUT2D eigenvalue weighted by Crippen LogP contribution is -2.04. The zero-order valence-corrected chi connectivity index (χ0v) is 21.6. The van der Waals surface area contributed by atoms with E-state index in [0.29, 0.717) is 16.7 Å². The van der Waals surface area contributed by atoms with Crippen LogP contribution in [0.25, 0.3) is 35.4 Å². The van der Waals surface area contributed by atoms with Crippen LogP contribution in [0, 0.1) is 0 Å². The zero-order chi connectivity index (χ0) is 26.6. The molecule has 4 aromatic rings. The quantitative estimate of drug-likeness (QED) is 0.192. The Morgan fingerprint density at radius 2 is 1.14 bits per heavy atom. The lowest BCUT2D eigenvalue weighted by molar-refractivity contribution is 0.481. The second-order valence-electron chi connectivity index (χ2n) is 8.03. The van der Waals surface area contributed by atoms with Crippen LogP contribution in [0.4, 0.5) is 0 Å². The highest BCUT2D eigenvalue weighted by Crippen LogP contribution is 2.39. The molecule has 0 aliphatic carbocycles. The Kier molecular flexibility index (Phi) is 7.77. The normalized spacial score (nSPS) is 12.4. The van der Waals surface area contributed by atoms with Gasteiger partial charge in [-0.05, 0) is 46.0 Å². The third-order valence-corrected chi connectivity index (χ3v) is 7.76. The van der Waals surface area contributed by atoms with Crippen LogP contribution in [-0.2, 0) is 20.2 Å². The molecule has 0 aliphatic heterocycles. The Balaban J connectivity index is 2.05. The van der Waals surface area contributed by atoms with Crippen LogP contribution in [0.5, 0.6) is 0 Å². The van der Waals surface area contributed by atoms with E-state index in [-0.39, 0.29) is 15.5 Å². The summed E-state index contributed by atoms with van der Waals surface area (Å²) in [6.07, 6.45) is 6.91. The maximum atomic E-state index is 12.3. The van der Waals surface area contributed by atoms with Gasteiger partial charge in [-0.15, -0.1) is 0 Å². The van der Waals surface area contributed by atoms with Gasteiger partial charge in [0, 0.05) is 5.56 Å². The van der Waals surface area contributed by atoms with Crippen molar-refractivity contribution in [2.45, 2.75) is 9.79 Å². The molecular formula is C28H21ClO6S2. The Labute approximate surface area is 220 Å². The molecule has 4 aromatic carbocycles. The van der Waals surface area contributed by atoms with Gasteiger partial charge in [0.25, 0.3) is 20.2 Å². The van der Waals surface area contributed by atoms with Gasteiger partial charge < -0.3 is 0 Å². The first-order valence-electron chi connectivity index (χ1n) is 10.9. The fourth-order valence-electron chi connectivity index (χ4n) is 3.75. The number of benzene rings is 4. The lowest BCUT2D eigenvalue weighted by atomic mass is 9.93. The second kappa shape index (κ2) is 10.8. The van der Waals surface area contributed by atoms with Crippen molar-refractivity contribution in [1.29, 1.82) is 0 Å². The average molecular weight is 553 g/mol. The summed E-state index contributed by atoms with van der Waals surface area (Å²) in [5.74, 6) is 0. The minimum Gasteiger partial charge on any atom is -0.282 e. The summed E-state index contributed by atoms with van der Waals surface area (Å²) in [5.41, 5.74) is 3.01. The molecular weight excluding hydrogens is 532 g/mol. The van der Waals surface area contributed by atoms with Crippen molar-refractivity contribution in [2.24, 2.45) is 0 Å². The summed E-state index contributed by atoms with van der Waals surface area (Å²) in [6, 6.07) is 25.2. The molecule has 2 N–H and O–H groups in total. The van der Waals surface area contributed by atoms with E-state index in [1.807, 2.05) is 60.7 Å². The monoisotopic (exact) mass is 552 g/mol. The van der Waals surface area contributed by atoms with E-state index in [9.17, 15) is 25.9 Å². The molecule has 0 unspecified atom stereocenters. The van der Waals surface area contributed by atoms with E-state index in [1.165, 1.54) is 24.3 Å². The molecule has 0 atom stereocenters. The van der Waals surface area contributed by atoms with Crippen LogP contribution in [0.1, 0.15) is 22.3 Å². The van der Waals surface area contributed by atoms with Gasteiger partial charge in [-0.1, -0.05) is 109 Å². The molecule has 37 heavy (non-hydrogen) atoms. The van der Waals surface area contributed by atoms with Gasteiger partial charge in [0.05, 0.1) is 9.92 Å². The number of hydrogen-bond acceptors (Lipinski definition) is 4. The highest BCUT2D eigenvalue weighted by atomic mass is 35.5. The predicted molar refractivity (Wildman–Crippen MR) is 147 cm³/mol. The summed E-state index contributed by atoms with van der Waals surface area (Å²) < 4.78 is 67.6. The van der Waals surface area contributed by atoms with Crippen LogP contribution in [0.2, 0.25) is 5.02 Å². The smallest absolute Gasteiger partial charge is 0.282 e. The lowest BCUT2D eigenvalue weighted by Gasteiger charge is -2.16. The summed E-state index contributed by atoms with van der Waals surface area (Å²) in [4.78, 5) is -0.904. The summed E-state index contributed by atoms with van der Waals surface area (Å²) in [6.45, 7) is 0. The third kappa shape index (κ3) is 6.43. The van der Waals surface area contributed by atoms with Gasteiger partial charge in [0.1, 0.15) is 4.90 Å². The molecule has 0 fully saturated rings. The molecule has 0 radical (unpaired) electrons. The van der Waals surface area contributed by atoms with E-state index in [1.54, 1.807) is 30.4 Å². The van der Waals surface area contributed by atoms with E-state index in [0.717, 1.165) is 11.1 Å². The molecule has 0 aromatic heterocycles. The minimum atomic E-state index is -4.75. The molecule has 0 saturated carbocycles. The molecule has 0 bridgehead atoms. The van der Waals surface area contributed by atoms with Crippen molar-refractivity contribution >= 4 is 56.1 Å². The van der Waals surface area contributed by atoms with Gasteiger partial charge in [-0.3, -0.25) is 9.11 Å². The SMILES string of the molecule is O=S(=O)(O)c1cccc(-c2cc(S(=O)(=O)O)c(Cl)c(C=Cc3ccccc3)c2C=Cc2ccccc2)c1. The van der Waals surface area contributed by atoms with Crippen LogP contribution in [0.15, 0.2) is 101 Å². The highest BCUT2D eigenvalue weighted by Gasteiger charge is 2.23. The Morgan fingerprint density at radius 3 is 1.65 bits per heavy atom. The largest absolute Gasteiger partial charge is 0.296 e. The van der Waals surface area contributed by atoms with Crippen LogP contribution < -0.4 is 0 Å². The molecule has 0 amide bonds. The van der Waals surface area contributed by atoms with Crippen molar-refractivity contribution in [3.63, 3.8) is 0 Å². The topological polar surface area (TPSA) is 109 Å². The molecule has 0 heterocycles. The fourth-order valence-corrected chi connectivity index (χ4v) is 5.39. The van der Waals surface area contributed by atoms with E-state index in [2.05, 4.69) is 0 Å². The van der Waals surface area contributed by atoms with Gasteiger partial charge in [-0.25, -0.2) is 0 Å². The van der Waals surface area contributed by atoms with Crippen molar-refractivity contribution in [3.05, 3.63) is 118 Å². The molecule has 0 saturated heterocycles. The standard InChI is InChI=1S/C28H21ClO6S2/c29-28-25(17-15-21-10-5-2-6-11-21)24(16-14-20-8-3-1-4-9-20)26(19-27(28)37(33,34)35)22-12-7-13-23(18-22)36(30,31)32/h1-19H,(H,30,31,32)(H,33,34,35). The molecule has 0 aliphatic rings. The first-order valence-corrected chi connectivity index (χ1v) is 14.2. The minimum absolute atomic E-state index is 0.197. The maximum absolute atomic E-state index is 12.3. The molecule has 0 spiro atoms. The van der Waals surface area contributed by atoms with Gasteiger partial charge in [-0.2, -0.15) is 16.8 Å². The van der Waals surface area contributed by atoms with E-state index < -0.39 is 25.1 Å². The molecule has 6 nitrogen and oxygen atoms in total. The first-order chi connectivity index (χ1) is 17.5. The van der Waals surface area contributed by atoms with Crippen LogP contribution in [0.3, 0.4) is 0 Å². The first kappa shape index (κ1) is 26.5. The highest BCUT2D eigenvalue weighted by molar-refractivity contribution is 7.86. The van der Waals surface area contributed by atoms with Crippen molar-refractivity contribution in [3.8, 4) is 11.1 Å². The van der Waals surface area contributed by atoms with Gasteiger partial charge in [0.15, 0.2) is 0 Å². The van der Waals surface area contributed by atoms with E-state index in [4.69, 9.17) is 11.6 Å². The summed E-state index contributed by atoms with van der Waals surface area (Å²) in [7, 11) is -9.28. The summed E-state index contributed by atoms with van der Waals surface area (Å²) in [5, 5.41) is -0.197.